The molecule has 1 saturated carbocycles. The summed E-state index contributed by atoms with van der Waals surface area (Å²) in [5, 5.41) is 4.63. The Bertz CT molecular complexity index is 390. The summed E-state index contributed by atoms with van der Waals surface area (Å²) in [6.07, 6.45) is 7.48. The van der Waals surface area contributed by atoms with E-state index in [1.54, 1.807) is 0 Å². The third-order valence-corrected chi connectivity index (χ3v) is 5.58. The second-order valence-corrected chi connectivity index (χ2v) is 6.81. The van der Waals surface area contributed by atoms with Crippen molar-refractivity contribution in [2.24, 2.45) is 5.92 Å². The van der Waals surface area contributed by atoms with Gasteiger partial charge in [0.1, 0.15) is 0 Å². The van der Waals surface area contributed by atoms with Crippen molar-refractivity contribution in [2.75, 3.05) is 18.5 Å². The van der Waals surface area contributed by atoms with Gasteiger partial charge >= 0.3 is 0 Å². The van der Waals surface area contributed by atoms with Gasteiger partial charge in [0.25, 0.3) is 0 Å². The van der Waals surface area contributed by atoms with Crippen LogP contribution in [0.3, 0.4) is 0 Å². The third-order valence-electron chi connectivity index (χ3n) is 4.31. The SMILES string of the molecule is CCNC(C)c1cnc(N(C)C2CCCCC2C)s1. The van der Waals surface area contributed by atoms with Crippen LogP contribution in [0.25, 0.3) is 0 Å². The molecule has 0 radical (unpaired) electrons. The molecule has 3 atom stereocenters. The number of nitrogens with zero attached hydrogens (tertiary/aromatic N) is 2. The molecule has 1 aromatic heterocycles. The van der Waals surface area contributed by atoms with Crippen molar-refractivity contribution >= 4 is 16.5 Å². The van der Waals surface area contributed by atoms with Crippen LogP contribution < -0.4 is 10.2 Å². The van der Waals surface area contributed by atoms with E-state index in [-0.39, 0.29) is 0 Å². The lowest BCUT2D eigenvalue weighted by molar-refractivity contribution is 0.321. The molecule has 1 heterocycles. The predicted octanol–water partition coefficient (Wildman–Crippen LogP) is 3.83. The zero-order valence-electron chi connectivity index (χ0n) is 12.6. The Balaban J connectivity index is 2.04. The first-order valence-corrected chi connectivity index (χ1v) is 8.37. The number of anilines is 1. The van der Waals surface area contributed by atoms with Gasteiger partial charge in [-0.1, -0.05) is 26.7 Å². The summed E-state index contributed by atoms with van der Waals surface area (Å²) >= 11 is 1.84. The van der Waals surface area contributed by atoms with Crippen molar-refractivity contribution in [3.05, 3.63) is 11.1 Å². The van der Waals surface area contributed by atoms with Crippen LogP contribution in [0.5, 0.6) is 0 Å². The predicted molar refractivity (Wildman–Crippen MR) is 84.0 cm³/mol. The molecule has 1 N–H and O–H groups in total. The van der Waals surface area contributed by atoms with E-state index < -0.39 is 0 Å². The van der Waals surface area contributed by atoms with E-state index in [1.165, 1.54) is 35.7 Å². The van der Waals surface area contributed by atoms with Gasteiger partial charge in [0, 0.05) is 30.2 Å². The fraction of sp³-hybridized carbons (Fsp3) is 0.800. The molecule has 19 heavy (non-hydrogen) atoms. The monoisotopic (exact) mass is 281 g/mol. The molecule has 2 rings (SSSR count). The second-order valence-electron chi connectivity index (χ2n) is 5.76. The van der Waals surface area contributed by atoms with E-state index in [2.05, 4.69) is 43.0 Å². The van der Waals surface area contributed by atoms with E-state index in [0.717, 1.165) is 12.5 Å². The molecule has 0 spiro atoms. The average Bonchev–Trinajstić information content (AvgIpc) is 2.88. The van der Waals surface area contributed by atoms with Gasteiger partial charge in [0.15, 0.2) is 5.13 Å². The number of hydrogen-bond donors (Lipinski definition) is 1. The van der Waals surface area contributed by atoms with Gasteiger partial charge in [-0.05, 0) is 32.2 Å². The normalized spacial score (nSPS) is 25.3. The highest BCUT2D eigenvalue weighted by Crippen LogP contribution is 2.33. The van der Waals surface area contributed by atoms with Crippen molar-refractivity contribution < 1.29 is 0 Å². The van der Waals surface area contributed by atoms with Crippen LogP contribution in [-0.2, 0) is 0 Å². The van der Waals surface area contributed by atoms with Crippen LogP contribution in [0.15, 0.2) is 6.20 Å². The molecular formula is C15H27N3S. The number of hydrogen-bond acceptors (Lipinski definition) is 4. The topological polar surface area (TPSA) is 28.2 Å². The zero-order chi connectivity index (χ0) is 13.8. The minimum Gasteiger partial charge on any atom is -0.348 e. The van der Waals surface area contributed by atoms with Crippen molar-refractivity contribution in [3.63, 3.8) is 0 Å². The van der Waals surface area contributed by atoms with Gasteiger partial charge in [0.05, 0.1) is 0 Å². The highest BCUT2D eigenvalue weighted by molar-refractivity contribution is 7.15. The van der Waals surface area contributed by atoms with E-state index >= 15 is 0 Å². The van der Waals surface area contributed by atoms with E-state index in [9.17, 15) is 0 Å². The average molecular weight is 281 g/mol. The standard InChI is InChI=1S/C15H27N3S/c1-5-16-12(3)14-10-17-15(19-14)18(4)13-9-7-6-8-11(13)2/h10-13,16H,5-9H2,1-4H3. The van der Waals surface area contributed by atoms with Gasteiger partial charge in [-0.15, -0.1) is 11.3 Å². The molecule has 108 valence electrons. The van der Waals surface area contributed by atoms with Gasteiger partial charge in [-0.25, -0.2) is 4.98 Å². The molecule has 4 heteroatoms. The van der Waals surface area contributed by atoms with Crippen LogP contribution in [-0.4, -0.2) is 24.6 Å². The Hall–Kier alpha value is -0.610. The van der Waals surface area contributed by atoms with Crippen LogP contribution >= 0.6 is 11.3 Å². The van der Waals surface area contributed by atoms with Crippen molar-refractivity contribution in [3.8, 4) is 0 Å². The number of aromatic nitrogens is 1. The van der Waals surface area contributed by atoms with Crippen molar-refractivity contribution in [2.45, 2.75) is 58.5 Å². The molecule has 1 fully saturated rings. The molecule has 1 aromatic rings. The first-order chi connectivity index (χ1) is 9.13. The number of rotatable bonds is 5. The molecule has 3 unspecified atom stereocenters. The minimum absolute atomic E-state index is 0.411. The molecule has 0 aliphatic heterocycles. The van der Waals surface area contributed by atoms with Gasteiger partial charge in [-0.2, -0.15) is 0 Å². The summed E-state index contributed by atoms with van der Waals surface area (Å²) in [7, 11) is 2.22. The van der Waals surface area contributed by atoms with Gasteiger partial charge in [0.2, 0.25) is 0 Å². The van der Waals surface area contributed by atoms with Gasteiger partial charge < -0.3 is 10.2 Å². The fourth-order valence-electron chi connectivity index (χ4n) is 3.06. The Kier molecular flexibility index (Phi) is 5.22. The maximum Gasteiger partial charge on any atom is 0.185 e. The summed E-state index contributed by atoms with van der Waals surface area (Å²) < 4.78 is 0. The maximum atomic E-state index is 4.63. The summed E-state index contributed by atoms with van der Waals surface area (Å²) in [5.41, 5.74) is 0. The maximum absolute atomic E-state index is 4.63. The van der Waals surface area contributed by atoms with Gasteiger partial charge in [-0.3, -0.25) is 0 Å². The molecule has 1 aliphatic rings. The quantitative estimate of drug-likeness (QED) is 0.889. The molecule has 3 nitrogen and oxygen atoms in total. The highest BCUT2D eigenvalue weighted by atomic mass is 32.1. The number of nitrogens with one attached hydrogen (secondary N) is 1. The van der Waals surface area contributed by atoms with Crippen LogP contribution in [0.1, 0.15) is 57.4 Å². The summed E-state index contributed by atoms with van der Waals surface area (Å²) in [6.45, 7) is 7.75. The lowest BCUT2D eigenvalue weighted by atomic mass is 9.85. The Morgan fingerprint density at radius 2 is 2.21 bits per heavy atom. The zero-order valence-corrected chi connectivity index (χ0v) is 13.5. The molecule has 0 aromatic carbocycles. The Morgan fingerprint density at radius 1 is 1.47 bits per heavy atom. The van der Waals surface area contributed by atoms with Crippen LogP contribution in [0.2, 0.25) is 0 Å². The van der Waals surface area contributed by atoms with Crippen molar-refractivity contribution in [1.82, 2.24) is 10.3 Å². The largest absolute Gasteiger partial charge is 0.348 e. The summed E-state index contributed by atoms with van der Waals surface area (Å²) in [4.78, 5) is 8.39. The smallest absolute Gasteiger partial charge is 0.185 e. The summed E-state index contributed by atoms with van der Waals surface area (Å²) in [5.74, 6) is 0.789. The molecular weight excluding hydrogens is 254 g/mol. The first kappa shape index (κ1) is 14.8. The molecule has 1 aliphatic carbocycles. The first-order valence-electron chi connectivity index (χ1n) is 7.55. The Labute approximate surface area is 121 Å². The molecule has 0 saturated heterocycles. The lowest BCUT2D eigenvalue weighted by Gasteiger charge is -2.36. The van der Waals surface area contributed by atoms with Crippen LogP contribution in [0.4, 0.5) is 5.13 Å². The minimum atomic E-state index is 0.411. The lowest BCUT2D eigenvalue weighted by Crippen LogP contribution is -2.38. The fourth-order valence-corrected chi connectivity index (χ4v) is 4.02. The van der Waals surface area contributed by atoms with Crippen LogP contribution in [0, 0.1) is 5.92 Å². The van der Waals surface area contributed by atoms with E-state index in [4.69, 9.17) is 0 Å². The number of thiazole rings is 1. The van der Waals surface area contributed by atoms with E-state index in [0.29, 0.717) is 12.1 Å². The Morgan fingerprint density at radius 3 is 2.89 bits per heavy atom. The molecule has 0 amide bonds. The third kappa shape index (κ3) is 3.48. The second kappa shape index (κ2) is 6.71. The molecule has 0 bridgehead atoms. The van der Waals surface area contributed by atoms with E-state index in [1.807, 2.05) is 17.5 Å². The highest BCUT2D eigenvalue weighted by Gasteiger charge is 2.26. The summed E-state index contributed by atoms with van der Waals surface area (Å²) in [6, 6.07) is 1.08. The van der Waals surface area contributed by atoms with Crippen molar-refractivity contribution in [1.29, 1.82) is 0 Å².